The summed E-state index contributed by atoms with van der Waals surface area (Å²) < 4.78 is 1.48. The molecule has 3 aromatic rings. The standard InChI is InChI=1S/C16H13N3O2S/c1-2-8-17-14(20)12-9-18-16-19(15(12)21)13(10-22-16)11-6-4-3-5-7-11/h2-7,9-10H,1,8H2,(H,17,20). The SMILES string of the molecule is C=CCNC(=O)c1cnc2scc(-c3ccccc3)n2c1=O. The molecule has 1 amide bonds. The minimum atomic E-state index is -0.447. The first-order chi connectivity index (χ1) is 10.7. The second-order valence-electron chi connectivity index (χ2n) is 4.58. The highest BCUT2D eigenvalue weighted by Crippen LogP contribution is 2.23. The maximum absolute atomic E-state index is 12.6. The van der Waals surface area contributed by atoms with E-state index in [4.69, 9.17) is 0 Å². The molecule has 0 bridgehead atoms. The van der Waals surface area contributed by atoms with Crippen LogP contribution in [0.3, 0.4) is 0 Å². The molecule has 0 radical (unpaired) electrons. The lowest BCUT2D eigenvalue weighted by atomic mass is 10.2. The van der Waals surface area contributed by atoms with E-state index in [0.717, 1.165) is 11.3 Å². The van der Waals surface area contributed by atoms with Gasteiger partial charge in [-0.15, -0.1) is 17.9 Å². The lowest BCUT2D eigenvalue weighted by Crippen LogP contribution is -2.31. The quantitative estimate of drug-likeness (QED) is 0.752. The molecule has 0 fully saturated rings. The van der Waals surface area contributed by atoms with Gasteiger partial charge in [-0.3, -0.25) is 14.0 Å². The maximum Gasteiger partial charge on any atom is 0.271 e. The molecule has 0 aliphatic rings. The fourth-order valence-corrected chi connectivity index (χ4v) is 2.98. The van der Waals surface area contributed by atoms with Crippen molar-refractivity contribution >= 4 is 22.2 Å². The smallest absolute Gasteiger partial charge is 0.271 e. The van der Waals surface area contributed by atoms with Gasteiger partial charge in [0.1, 0.15) is 5.56 Å². The van der Waals surface area contributed by atoms with E-state index in [2.05, 4.69) is 16.9 Å². The first-order valence-corrected chi connectivity index (χ1v) is 7.54. The molecule has 5 nitrogen and oxygen atoms in total. The predicted octanol–water partition coefficient (Wildman–Crippen LogP) is 2.34. The average Bonchev–Trinajstić information content (AvgIpc) is 2.99. The van der Waals surface area contributed by atoms with Crippen LogP contribution in [0.5, 0.6) is 0 Å². The zero-order valence-corrected chi connectivity index (χ0v) is 12.5. The monoisotopic (exact) mass is 311 g/mol. The zero-order valence-electron chi connectivity index (χ0n) is 11.7. The molecule has 110 valence electrons. The topological polar surface area (TPSA) is 63.5 Å². The fraction of sp³-hybridized carbons (Fsp3) is 0.0625. The summed E-state index contributed by atoms with van der Waals surface area (Å²) in [7, 11) is 0. The molecule has 0 saturated carbocycles. The van der Waals surface area contributed by atoms with Gasteiger partial charge >= 0.3 is 0 Å². The lowest BCUT2D eigenvalue weighted by Gasteiger charge is -2.04. The van der Waals surface area contributed by atoms with Crippen molar-refractivity contribution in [3.8, 4) is 11.3 Å². The lowest BCUT2D eigenvalue weighted by molar-refractivity contribution is 0.0956. The van der Waals surface area contributed by atoms with Gasteiger partial charge in [-0.25, -0.2) is 4.98 Å². The molecule has 0 spiro atoms. The van der Waals surface area contributed by atoms with Crippen LogP contribution in [0, 0.1) is 0 Å². The second kappa shape index (κ2) is 5.95. The Kier molecular flexibility index (Phi) is 3.84. The van der Waals surface area contributed by atoms with Crippen LogP contribution in [0.2, 0.25) is 0 Å². The summed E-state index contributed by atoms with van der Waals surface area (Å²) >= 11 is 1.37. The Labute approximate surface area is 130 Å². The minimum Gasteiger partial charge on any atom is -0.348 e. The number of nitrogens with zero attached hydrogens (tertiary/aromatic N) is 2. The Hall–Kier alpha value is -2.73. The van der Waals surface area contributed by atoms with Crippen LogP contribution in [0.4, 0.5) is 0 Å². The third-order valence-corrected chi connectivity index (χ3v) is 4.01. The Bertz CT molecular complexity index is 897. The first kappa shape index (κ1) is 14.2. The van der Waals surface area contributed by atoms with E-state index in [1.54, 1.807) is 6.08 Å². The molecule has 0 aliphatic carbocycles. The Morgan fingerprint density at radius 2 is 2.14 bits per heavy atom. The Morgan fingerprint density at radius 1 is 1.36 bits per heavy atom. The Morgan fingerprint density at radius 3 is 2.86 bits per heavy atom. The molecular formula is C16H13N3O2S. The predicted molar refractivity (Wildman–Crippen MR) is 87.3 cm³/mol. The van der Waals surface area contributed by atoms with Crippen molar-refractivity contribution in [1.29, 1.82) is 0 Å². The van der Waals surface area contributed by atoms with Crippen molar-refractivity contribution in [3.63, 3.8) is 0 Å². The number of carbonyl (C=O) groups is 1. The van der Waals surface area contributed by atoms with E-state index < -0.39 is 5.91 Å². The number of nitrogens with one attached hydrogen (secondary N) is 1. The van der Waals surface area contributed by atoms with Crippen molar-refractivity contribution in [3.05, 3.63) is 70.5 Å². The van der Waals surface area contributed by atoms with Crippen molar-refractivity contribution in [1.82, 2.24) is 14.7 Å². The maximum atomic E-state index is 12.6. The molecule has 0 atom stereocenters. The molecule has 0 aliphatic heterocycles. The number of benzene rings is 1. The van der Waals surface area contributed by atoms with Gasteiger partial charge in [-0.1, -0.05) is 36.4 Å². The number of rotatable bonds is 4. The van der Waals surface area contributed by atoms with Crippen molar-refractivity contribution < 1.29 is 4.79 Å². The highest BCUT2D eigenvalue weighted by Gasteiger charge is 2.16. The van der Waals surface area contributed by atoms with Gasteiger partial charge in [0.25, 0.3) is 11.5 Å². The number of carbonyl (C=O) groups excluding carboxylic acids is 1. The molecule has 1 N–H and O–H groups in total. The summed E-state index contributed by atoms with van der Waals surface area (Å²) in [6, 6.07) is 9.54. The van der Waals surface area contributed by atoms with Crippen LogP contribution in [-0.2, 0) is 0 Å². The van der Waals surface area contributed by atoms with E-state index in [9.17, 15) is 9.59 Å². The van der Waals surface area contributed by atoms with Gasteiger partial charge in [0, 0.05) is 18.1 Å². The molecule has 1 aromatic carbocycles. The Balaban J connectivity index is 2.16. The summed E-state index contributed by atoms with van der Waals surface area (Å²) in [4.78, 5) is 29.4. The van der Waals surface area contributed by atoms with Crippen LogP contribution in [0.1, 0.15) is 10.4 Å². The van der Waals surface area contributed by atoms with Crippen LogP contribution >= 0.6 is 11.3 Å². The largest absolute Gasteiger partial charge is 0.348 e. The van der Waals surface area contributed by atoms with Gasteiger partial charge in [-0.2, -0.15) is 0 Å². The summed E-state index contributed by atoms with van der Waals surface area (Å²) in [6.45, 7) is 3.83. The van der Waals surface area contributed by atoms with E-state index in [1.807, 2.05) is 35.7 Å². The number of fused-ring (bicyclic) bond motifs is 1. The van der Waals surface area contributed by atoms with Crippen LogP contribution in [-0.4, -0.2) is 21.8 Å². The number of hydrogen-bond acceptors (Lipinski definition) is 4. The molecule has 6 heteroatoms. The van der Waals surface area contributed by atoms with E-state index >= 15 is 0 Å². The van der Waals surface area contributed by atoms with Crippen molar-refractivity contribution in [2.24, 2.45) is 0 Å². The van der Waals surface area contributed by atoms with Gasteiger partial charge < -0.3 is 5.32 Å². The first-order valence-electron chi connectivity index (χ1n) is 6.66. The number of aromatic nitrogens is 2. The average molecular weight is 311 g/mol. The van der Waals surface area contributed by atoms with Gasteiger partial charge in [-0.05, 0) is 5.56 Å². The van der Waals surface area contributed by atoms with E-state index in [-0.39, 0.29) is 11.1 Å². The number of thiazole rings is 1. The summed E-state index contributed by atoms with van der Waals surface area (Å²) in [5.74, 6) is -0.447. The number of amides is 1. The summed E-state index contributed by atoms with van der Waals surface area (Å²) in [5.41, 5.74) is 1.29. The van der Waals surface area contributed by atoms with Gasteiger partial charge in [0.05, 0.1) is 5.69 Å². The van der Waals surface area contributed by atoms with Crippen molar-refractivity contribution in [2.75, 3.05) is 6.54 Å². The molecule has 2 heterocycles. The van der Waals surface area contributed by atoms with Crippen LogP contribution in [0.25, 0.3) is 16.2 Å². The zero-order chi connectivity index (χ0) is 15.5. The molecular weight excluding hydrogens is 298 g/mol. The normalized spacial score (nSPS) is 10.5. The van der Waals surface area contributed by atoms with Crippen LogP contribution in [0.15, 0.2) is 59.4 Å². The molecule has 0 saturated heterocycles. The highest BCUT2D eigenvalue weighted by molar-refractivity contribution is 7.15. The summed E-state index contributed by atoms with van der Waals surface area (Å²) in [5, 5.41) is 4.46. The minimum absolute atomic E-state index is 0.0231. The summed E-state index contributed by atoms with van der Waals surface area (Å²) in [6.07, 6.45) is 2.88. The van der Waals surface area contributed by atoms with Gasteiger partial charge in [0.2, 0.25) is 0 Å². The molecule has 0 unspecified atom stereocenters. The van der Waals surface area contributed by atoms with E-state index in [0.29, 0.717) is 11.5 Å². The second-order valence-corrected chi connectivity index (χ2v) is 5.42. The molecule has 22 heavy (non-hydrogen) atoms. The van der Waals surface area contributed by atoms with Crippen LogP contribution < -0.4 is 10.9 Å². The third kappa shape index (κ3) is 2.44. The number of hydrogen-bond donors (Lipinski definition) is 1. The fourth-order valence-electron chi connectivity index (χ4n) is 2.12. The molecule has 3 rings (SSSR count). The highest BCUT2D eigenvalue weighted by atomic mass is 32.1. The van der Waals surface area contributed by atoms with Gasteiger partial charge in [0.15, 0.2) is 4.96 Å². The molecule has 2 aromatic heterocycles. The third-order valence-electron chi connectivity index (χ3n) is 3.17. The van der Waals surface area contributed by atoms with Crippen molar-refractivity contribution in [2.45, 2.75) is 0 Å². The van der Waals surface area contributed by atoms with E-state index in [1.165, 1.54) is 21.9 Å².